The minimum atomic E-state index is -3.61. The van der Waals surface area contributed by atoms with Gasteiger partial charge in [0.25, 0.3) is 5.69 Å². The van der Waals surface area contributed by atoms with Crippen LogP contribution >= 0.6 is 0 Å². The molecular formula is C13H19N3O4S. The normalized spacial score (nSPS) is 20.3. The van der Waals surface area contributed by atoms with E-state index in [0.29, 0.717) is 13.1 Å². The average molecular weight is 313 g/mol. The number of benzene rings is 1. The summed E-state index contributed by atoms with van der Waals surface area (Å²) in [6.45, 7) is 1.10. The van der Waals surface area contributed by atoms with Crippen molar-refractivity contribution in [2.24, 2.45) is 0 Å². The fraction of sp³-hybridized carbons (Fsp3) is 0.538. The maximum atomic E-state index is 12.7. The molecule has 2 rings (SSSR count). The van der Waals surface area contributed by atoms with E-state index in [4.69, 9.17) is 0 Å². The molecule has 0 aliphatic carbocycles. The molecule has 0 spiro atoms. The molecule has 0 amide bonds. The van der Waals surface area contributed by atoms with E-state index in [2.05, 4.69) is 5.32 Å². The Bertz CT molecular complexity index is 598. The van der Waals surface area contributed by atoms with Gasteiger partial charge in [0.1, 0.15) is 0 Å². The number of likely N-dealkylation sites (N-methyl/N-ethyl adjacent to an activating group) is 1. The summed E-state index contributed by atoms with van der Waals surface area (Å²) >= 11 is 0. The Morgan fingerprint density at radius 1 is 1.33 bits per heavy atom. The minimum Gasteiger partial charge on any atom is -0.318 e. The van der Waals surface area contributed by atoms with Crippen LogP contribution in [0.2, 0.25) is 0 Å². The third-order valence-corrected chi connectivity index (χ3v) is 5.63. The van der Waals surface area contributed by atoms with E-state index in [-0.39, 0.29) is 16.6 Å². The maximum Gasteiger partial charge on any atom is 0.269 e. The summed E-state index contributed by atoms with van der Waals surface area (Å²) < 4.78 is 26.9. The van der Waals surface area contributed by atoms with Crippen LogP contribution in [0.5, 0.6) is 0 Å². The average Bonchev–Trinajstić information content (AvgIpc) is 2.48. The largest absolute Gasteiger partial charge is 0.318 e. The second-order valence-electron chi connectivity index (χ2n) is 5.07. The van der Waals surface area contributed by atoms with E-state index < -0.39 is 14.9 Å². The number of piperidine rings is 1. The van der Waals surface area contributed by atoms with E-state index >= 15 is 0 Å². The molecular weight excluding hydrogens is 294 g/mol. The summed E-state index contributed by atoms with van der Waals surface area (Å²) in [4.78, 5) is 10.2. The summed E-state index contributed by atoms with van der Waals surface area (Å²) in [5, 5.41) is 13.7. The molecule has 1 aromatic rings. The molecule has 1 fully saturated rings. The van der Waals surface area contributed by atoms with Crippen molar-refractivity contribution in [3.05, 3.63) is 34.4 Å². The van der Waals surface area contributed by atoms with Crippen molar-refractivity contribution < 1.29 is 13.3 Å². The first-order valence-electron chi connectivity index (χ1n) is 6.87. The third kappa shape index (κ3) is 3.39. The van der Waals surface area contributed by atoms with Crippen LogP contribution in [0.1, 0.15) is 19.3 Å². The maximum absolute atomic E-state index is 12.7. The Balaban J connectivity index is 2.28. The zero-order chi connectivity index (χ0) is 15.5. The molecule has 1 aliphatic rings. The molecule has 1 aromatic carbocycles. The fourth-order valence-electron chi connectivity index (χ4n) is 2.61. The second-order valence-corrected chi connectivity index (χ2v) is 6.96. The van der Waals surface area contributed by atoms with Crippen molar-refractivity contribution in [2.45, 2.75) is 30.2 Å². The summed E-state index contributed by atoms with van der Waals surface area (Å²) in [5.41, 5.74) is -0.112. The third-order valence-electron chi connectivity index (χ3n) is 3.67. The molecule has 116 valence electrons. The standard InChI is InChI=1S/C13H19N3O4S/c1-14-10-12-4-2-3-9-15(12)21(19,20)13-7-5-11(6-8-13)16(17)18/h5-8,12,14H,2-4,9-10H2,1H3. The Labute approximate surface area is 124 Å². The lowest BCUT2D eigenvalue weighted by molar-refractivity contribution is -0.384. The highest BCUT2D eigenvalue weighted by atomic mass is 32.2. The molecule has 1 heterocycles. The Morgan fingerprint density at radius 3 is 2.57 bits per heavy atom. The summed E-state index contributed by atoms with van der Waals surface area (Å²) in [5.74, 6) is 0. The van der Waals surface area contributed by atoms with Gasteiger partial charge in [-0.1, -0.05) is 6.42 Å². The van der Waals surface area contributed by atoms with E-state index in [1.165, 1.54) is 28.6 Å². The number of nitrogens with zero attached hydrogens (tertiary/aromatic N) is 2. The molecule has 7 nitrogen and oxygen atoms in total. The zero-order valence-corrected chi connectivity index (χ0v) is 12.7. The Kier molecular flexibility index (Phi) is 4.92. The van der Waals surface area contributed by atoms with Gasteiger partial charge in [0, 0.05) is 31.3 Å². The monoisotopic (exact) mass is 313 g/mol. The van der Waals surface area contributed by atoms with Crippen molar-refractivity contribution in [2.75, 3.05) is 20.1 Å². The van der Waals surface area contributed by atoms with Gasteiger partial charge in [-0.25, -0.2) is 8.42 Å². The number of nitrogens with one attached hydrogen (secondary N) is 1. The SMILES string of the molecule is CNCC1CCCCN1S(=O)(=O)c1ccc([N+](=O)[O-])cc1. The van der Waals surface area contributed by atoms with Crippen molar-refractivity contribution in [1.29, 1.82) is 0 Å². The van der Waals surface area contributed by atoms with Crippen LogP contribution in [0.15, 0.2) is 29.2 Å². The number of nitro benzene ring substituents is 1. The molecule has 0 radical (unpaired) electrons. The van der Waals surface area contributed by atoms with Gasteiger partial charge >= 0.3 is 0 Å². The van der Waals surface area contributed by atoms with E-state index in [9.17, 15) is 18.5 Å². The van der Waals surface area contributed by atoms with Crippen LogP contribution in [0, 0.1) is 10.1 Å². The van der Waals surface area contributed by atoms with E-state index in [0.717, 1.165) is 19.3 Å². The molecule has 1 unspecified atom stereocenters. The molecule has 8 heteroatoms. The van der Waals surface area contributed by atoms with Crippen LogP contribution < -0.4 is 5.32 Å². The number of rotatable bonds is 5. The van der Waals surface area contributed by atoms with Gasteiger partial charge in [-0.05, 0) is 32.0 Å². The quantitative estimate of drug-likeness (QED) is 0.654. The predicted molar refractivity (Wildman–Crippen MR) is 78.6 cm³/mol. The first-order chi connectivity index (χ1) is 9.96. The summed E-state index contributed by atoms with van der Waals surface area (Å²) in [6, 6.07) is 4.99. The van der Waals surface area contributed by atoms with Gasteiger partial charge in [0.15, 0.2) is 0 Å². The molecule has 0 bridgehead atoms. The minimum absolute atomic E-state index is 0.0658. The lowest BCUT2D eigenvalue weighted by atomic mass is 10.1. The first kappa shape index (κ1) is 15.9. The van der Waals surface area contributed by atoms with Crippen molar-refractivity contribution >= 4 is 15.7 Å². The Hall–Kier alpha value is -1.51. The molecule has 1 atom stereocenters. The van der Waals surface area contributed by atoms with Gasteiger partial charge in [-0.3, -0.25) is 10.1 Å². The van der Waals surface area contributed by atoms with Crippen molar-refractivity contribution in [1.82, 2.24) is 9.62 Å². The topological polar surface area (TPSA) is 92.6 Å². The number of sulfonamides is 1. The number of hydrogen-bond donors (Lipinski definition) is 1. The summed E-state index contributed by atoms with van der Waals surface area (Å²) in [6.07, 6.45) is 2.68. The van der Waals surface area contributed by atoms with Gasteiger partial charge in [-0.15, -0.1) is 0 Å². The van der Waals surface area contributed by atoms with Crippen LogP contribution in [-0.4, -0.2) is 43.8 Å². The van der Waals surface area contributed by atoms with Crippen LogP contribution in [0.25, 0.3) is 0 Å². The lowest BCUT2D eigenvalue weighted by Gasteiger charge is -2.34. The van der Waals surface area contributed by atoms with E-state index in [1.807, 2.05) is 0 Å². The van der Waals surface area contributed by atoms with Crippen molar-refractivity contribution in [3.63, 3.8) is 0 Å². The number of hydrogen-bond acceptors (Lipinski definition) is 5. The number of nitro groups is 1. The van der Waals surface area contributed by atoms with Crippen LogP contribution in [0.4, 0.5) is 5.69 Å². The van der Waals surface area contributed by atoms with Crippen LogP contribution in [0.3, 0.4) is 0 Å². The van der Waals surface area contributed by atoms with Gasteiger partial charge in [0.05, 0.1) is 9.82 Å². The molecule has 1 N–H and O–H groups in total. The highest BCUT2D eigenvalue weighted by Crippen LogP contribution is 2.26. The molecule has 21 heavy (non-hydrogen) atoms. The molecule has 0 aromatic heterocycles. The van der Waals surface area contributed by atoms with E-state index in [1.54, 1.807) is 7.05 Å². The van der Waals surface area contributed by atoms with Crippen molar-refractivity contribution in [3.8, 4) is 0 Å². The number of non-ortho nitro benzene ring substituents is 1. The lowest BCUT2D eigenvalue weighted by Crippen LogP contribution is -2.47. The highest BCUT2D eigenvalue weighted by molar-refractivity contribution is 7.89. The fourth-order valence-corrected chi connectivity index (χ4v) is 4.30. The molecule has 1 saturated heterocycles. The smallest absolute Gasteiger partial charge is 0.269 e. The Morgan fingerprint density at radius 2 is 2.00 bits per heavy atom. The molecule has 1 aliphatic heterocycles. The highest BCUT2D eigenvalue weighted by Gasteiger charge is 2.33. The van der Waals surface area contributed by atoms with Gasteiger partial charge in [0.2, 0.25) is 10.0 Å². The van der Waals surface area contributed by atoms with Crippen LogP contribution in [-0.2, 0) is 10.0 Å². The zero-order valence-electron chi connectivity index (χ0n) is 11.9. The van der Waals surface area contributed by atoms with Gasteiger partial charge in [-0.2, -0.15) is 4.31 Å². The molecule has 0 saturated carbocycles. The summed E-state index contributed by atoms with van der Waals surface area (Å²) in [7, 11) is -1.81. The first-order valence-corrected chi connectivity index (χ1v) is 8.31. The predicted octanol–water partition coefficient (Wildman–Crippen LogP) is 1.36. The second kappa shape index (κ2) is 6.50. The van der Waals surface area contributed by atoms with Gasteiger partial charge < -0.3 is 5.32 Å².